The van der Waals surface area contributed by atoms with Crippen LogP contribution in [0.2, 0.25) is 0 Å². The first kappa shape index (κ1) is 15.2. The van der Waals surface area contributed by atoms with E-state index < -0.39 is 5.82 Å². The van der Waals surface area contributed by atoms with Crippen LogP contribution in [0.25, 0.3) is 0 Å². The van der Waals surface area contributed by atoms with Gasteiger partial charge in [-0.15, -0.1) is 0 Å². The molecule has 102 valence electrons. The third-order valence-electron chi connectivity index (χ3n) is 2.50. The lowest BCUT2D eigenvalue weighted by Crippen LogP contribution is -2.30. The molecule has 1 rings (SSSR count). The molecular formula is C15H18FNO2. The fraction of sp³-hybridized carbons (Fsp3) is 0.400. The zero-order valence-electron chi connectivity index (χ0n) is 11.4. The number of carbonyl (C=O) groups is 1. The highest BCUT2D eigenvalue weighted by Gasteiger charge is 2.16. The van der Waals surface area contributed by atoms with E-state index in [9.17, 15) is 9.18 Å². The lowest BCUT2D eigenvalue weighted by atomic mass is 10.1. The molecule has 0 spiro atoms. The fourth-order valence-electron chi connectivity index (χ4n) is 1.74. The molecule has 0 unspecified atom stereocenters. The topological polar surface area (TPSA) is 40.5 Å². The van der Waals surface area contributed by atoms with E-state index in [4.69, 9.17) is 5.11 Å². The number of amides is 1. The molecule has 0 fully saturated rings. The van der Waals surface area contributed by atoms with Gasteiger partial charge in [-0.3, -0.25) is 4.79 Å². The van der Waals surface area contributed by atoms with Gasteiger partial charge in [-0.25, -0.2) is 4.39 Å². The average Bonchev–Trinajstić information content (AvgIpc) is 2.34. The molecule has 1 aromatic carbocycles. The Balaban J connectivity index is 2.93. The molecule has 0 saturated heterocycles. The minimum atomic E-state index is -0.592. The highest BCUT2D eigenvalue weighted by atomic mass is 19.1. The maximum absolute atomic E-state index is 13.8. The zero-order chi connectivity index (χ0) is 14.4. The molecule has 4 heteroatoms. The molecule has 0 atom stereocenters. The molecule has 0 aliphatic carbocycles. The molecular weight excluding hydrogens is 245 g/mol. The molecule has 0 aliphatic heterocycles. The van der Waals surface area contributed by atoms with Gasteiger partial charge in [0.05, 0.1) is 5.56 Å². The van der Waals surface area contributed by atoms with Crippen molar-refractivity contribution in [1.29, 1.82) is 0 Å². The van der Waals surface area contributed by atoms with E-state index in [1.165, 1.54) is 17.0 Å². The number of benzene rings is 1. The summed E-state index contributed by atoms with van der Waals surface area (Å²) in [5.74, 6) is 4.42. The third kappa shape index (κ3) is 4.38. The Kier molecular flexibility index (Phi) is 5.53. The van der Waals surface area contributed by atoms with Crippen molar-refractivity contribution in [3.05, 3.63) is 35.1 Å². The van der Waals surface area contributed by atoms with Gasteiger partial charge < -0.3 is 10.0 Å². The largest absolute Gasteiger partial charge is 0.384 e. The number of nitrogens with zero attached hydrogens (tertiary/aromatic N) is 1. The molecule has 0 bridgehead atoms. The Morgan fingerprint density at radius 1 is 1.47 bits per heavy atom. The summed E-state index contributed by atoms with van der Waals surface area (Å²) in [5, 5.41) is 8.57. The normalized spacial score (nSPS) is 10.0. The molecule has 0 aliphatic rings. The van der Waals surface area contributed by atoms with Gasteiger partial charge in [0, 0.05) is 19.2 Å². The monoisotopic (exact) mass is 263 g/mol. The van der Waals surface area contributed by atoms with E-state index in [0.29, 0.717) is 18.0 Å². The van der Waals surface area contributed by atoms with Gasteiger partial charge in [-0.2, -0.15) is 0 Å². The predicted molar refractivity (Wildman–Crippen MR) is 72.2 cm³/mol. The third-order valence-corrected chi connectivity index (χ3v) is 2.50. The van der Waals surface area contributed by atoms with Gasteiger partial charge in [0.15, 0.2) is 0 Å². The van der Waals surface area contributed by atoms with Crippen LogP contribution in [0.3, 0.4) is 0 Å². The Morgan fingerprint density at radius 3 is 2.68 bits per heavy atom. The number of hydrogen-bond donors (Lipinski definition) is 1. The van der Waals surface area contributed by atoms with Crippen LogP contribution in [0, 0.1) is 23.6 Å². The van der Waals surface area contributed by atoms with Crippen LogP contribution in [-0.2, 0) is 0 Å². The molecule has 3 nitrogen and oxygen atoms in total. The second-order valence-corrected chi connectivity index (χ2v) is 4.73. The zero-order valence-corrected chi connectivity index (χ0v) is 11.4. The average molecular weight is 263 g/mol. The van der Waals surface area contributed by atoms with Gasteiger partial charge >= 0.3 is 0 Å². The maximum Gasteiger partial charge on any atom is 0.256 e. The summed E-state index contributed by atoms with van der Waals surface area (Å²) in [6, 6.07) is 4.21. The van der Waals surface area contributed by atoms with Crippen LogP contribution >= 0.6 is 0 Å². The first-order valence-corrected chi connectivity index (χ1v) is 6.10. The summed E-state index contributed by atoms with van der Waals surface area (Å²) < 4.78 is 13.8. The number of aliphatic hydroxyl groups is 1. The Hall–Kier alpha value is -1.86. The minimum Gasteiger partial charge on any atom is -0.384 e. The van der Waals surface area contributed by atoms with Crippen molar-refractivity contribution in [1.82, 2.24) is 4.90 Å². The minimum absolute atomic E-state index is 0.0395. The summed E-state index contributed by atoms with van der Waals surface area (Å²) in [4.78, 5) is 13.5. The van der Waals surface area contributed by atoms with Crippen molar-refractivity contribution in [2.24, 2.45) is 5.92 Å². The van der Waals surface area contributed by atoms with E-state index in [1.807, 2.05) is 13.8 Å². The molecule has 0 aromatic heterocycles. The predicted octanol–water partition coefficient (Wildman–Crippen LogP) is 1.90. The van der Waals surface area contributed by atoms with Gasteiger partial charge in [0.25, 0.3) is 5.91 Å². The number of rotatable bonds is 3. The van der Waals surface area contributed by atoms with E-state index in [0.717, 1.165) is 0 Å². The van der Waals surface area contributed by atoms with Gasteiger partial charge in [-0.05, 0) is 24.1 Å². The highest BCUT2D eigenvalue weighted by Crippen LogP contribution is 2.13. The van der Waals surface area contributed by atoms with Crippen molar-refractivity contribution in [2.75, 3.05) is 20.2 Å². The van der Waals surface area contributed by atoms with Crippen LogP contribution in [0.1, 0.15) is 29.8 Å². The van der Waals surface area contributed by atoms with Crippen molar-refractivity contribution in [2.45, 2.75) is 13.8 Å². The summed E-state index contributed by atoms with van der Waals surface area (Å²) in [6.07, 6.45) is 0. The first-order valence-electron chi connectivity index (χ1n) is 6.10. The Morgan fingerprint density at radius 2 is 2.16 bits per heavy atom. The molecule has 1 aromatic rings. The van der Waals surface area contributed by atoms with E-state index in [1.54, 1.807) is 13.1 Å². The second-order valence-electron chi connectivity index (χ2n) is 4.73. The van der Waals surface area contributed by atoms with Gasteiger partial charge in [-0.1, -0.05) is 25.7 Å². The van der Waals surface area contributed by atoms with E-state index in [-0.39, 0.29) is 18.1 Å². The summed E-state index contributed by atoms with van der Waals surface area (Å²) in [6.45, 7) is 4.28. The summed E-state index contributed by atoms with van der Waals surface area (Å²) in [5.41, 5.74) is 0.479. The SMILES string of the molecule is CC(C)CN(C)C(=O)c1ccc(C#CCO)cc1F. The molecule has 1 N–H and O–H groups in total. The van der Waals surface area contributed by atoms with E-state index in [2.05, 4.69) is 11.8 Å². The van der Waals surface area contributed by atoms with Crippen molar-refractivity contribution in [3.8, 4) is 11.8 Å². The molecule has 19 heavy (non-hydrogen) atoms. The Labute approximate surface area is 113 Å². The van der Waals surface area contributed by atoms with Crippen molar-refractivity contribution in [3.63, 3.8) is 0 Å². The smallest absolute Gasteiger partial charge is 0.256 e. The summed E-state index contributed by atoms with van der Waals surface area (Å²) in [7, 11) is 1.65. The molecule has 1 amide bonds. The highest BCUT2D eigenvalue weighted by molar-refractivity contribution is 5.94. The van der Waals surface area contributed by atoms with Gasteiger partial charge in [0.1, 0.15) is 12.4 Å². The molecule has 0 radical (unpaired) electrons. The number of aliphatic hydroxyl groups excluding tert-OH is 1. The lowest BCUT2D eigenvalue weighted by Gasteiger charge is -2.19. The number of hydrogen-bond acceptors (Lipinski definition) is 2. The number of halogens is 1. The van der Waals surface area contributed by atoms with Gasteiger partial charge in [0.2, 0.25) is 0 Å². The van der Waals surface area contributed by atoms with Crippen LogP contribution < -0.4 is 0 Å². The fourth-order valence-corrected chi connectivity index (χ4v) is 1.74. The van der Waals surface area contributed by atoms with E-state index >= 15 is 0 Å². The lowest BCUT2D eigenvalue weighted by molar-refractivity contribution is 0.0774. The van der Waals surface area contributed by atoms with Crippen molar-refractivity contribution >= 4 is 5.91 Å². The Bertz CT molecular complexity index is 515. The first-order chi connectivity index (χ1) is 8.95. The van der Waals surface area contributed by atoms with Crippen LogP contribution in [-0.4, -0.2) is 36.1 Å². The summed E-state index contributed by atoms with van der Waals surface area (Å²) >= 11 is 0. The molecule has 0 heterocycles. The standard InChI is InChI=1S/C15H18FNO2/c1-11(2)10-17(3)15(19)13-7-6-12(5-4-8-18)9-14(13)16/h6-7,9,11,18H,8,10H2,1-3H3. The quantitative estimate of drug-likeness (QED) is 0.846. The molecule has 0 saturated carbocycles. The van der Waals surface area contributed by atoms with Crippen LogP contribution in [0.4, 0.5) is 4.39 Å². The van der Waals surface area contributed by atoms with Crippen LogP contribution in [0.5, 0.6) is 0 Å². The number of carbonyl (C=O) groups excluding carboxylic acids is 1. The maximum atomic E-state index is 13.8. The second kappa shape index (κ2) is 6.91. The van der Waals surface area contributed by atoms with Crippen LogP contribution in [0.15, 0.2) is 18.2 Å². The van der Waals surface area contributed by atoms with Crippen molar-refractivity contribution < 1.29 is 14.3 Å².